The van der Waals surface area contributed by atoms with Gasteiger partial charge in [0, 0.05) is 5.38 Å². The number of aromatic nitrogens is 1. The van der Waals surface area contributed by atoms with E-state index in [9.17, 15) is 4.79 Å². The predicted molar refractivity (Wildman–Crippen MR) is 58.3 cm³/mol. The molecule has 0 unspecified atom stereocenters. The molecule has 0 aliphatic heterocycles. The minimum Gasteiger partial charge on any atom is -0.320 e. The molecule has 78 valence electrons. The number of nitrogens with zero attached hydrogens (tertiary/aromatic N) is 1. The van der Waals surface area contributed by atoms with Crippen LogP contribution in [0.5, 0.6) is 0 Å². The minimum atomic E-state index is -0.473. The van der Waals surface area contributed by atoms with Crippen molar-refractivity contribution in [3.63, 3.8) is 0 Å². The van der Waals surface area contributed by atoms with Crippen LogP contribution in [0.25, 0.3) is 0 Å². The number of amides is 1. The van der Waals surface area contributed by atoms with Gasteiger partial charge in [0.15, 0.2) is 5.13 Å². The first-order valence-corrected chi connectivity index (χ1v) is 5.37. The van der Waals surface area contributed by atoms with Gasteiger partial charge in [0.1, 0.15) is 0 Å². The highest BCUT2D eigenvalue weighted by atomic mass is 32.1. The van der Waals surface area contributed by atoms with Crippen molar-refractivity contribution < 1.29 is 4.79 Å². The van der Waals surface area contributed by atoms with Gasteiger partial charge in [-0.2, -0.15) is 0 Å². The molecule has 0 saturated carbocycles. The number of carbonyl (C=O) groups excluding carboxylic acids is 1. The summed E-state index contributed by atoms with van der Waals surface area (Å²) in [4.78, 5) is 15.6. The molecule has 0 bridgehead atoms. The van der Waals surface area contributed by atoms with Crippen LogP contribution in [0, 0.1) is 12.8 Å². The first-order chi connectivity index (χ1) is 6.50. The van der Waals surface area contributed by atoms with Crippen LogP contribution in [0.1, 0.15) is 19.5 Å². The molecule has 0 radical (unpaired) electrons. The van der Waals surface area contributed by atoms with Crippen LogP contribution in [0.15, 0.2) is 5.38 Å². The quantitative estimate of drug-likeness (QED) is 0.797. The molecule has 3 N–H and O–H groups in total. The zero-order chi connectivity index (χ0) is 10.7. The van der Waals surface area contributed by atoms with Gasteiger partial charge in [0.2, 0.25) is 5.91 Å². The first-order valence-electron chi connectivity index (χ1n) is 4.49. The molecule has 0 aromatic carbocycles. The van der Waals surface area contributed by atoms with E-state index in [0.29, 0.717) is 5.13 Å². The van der Waals surface area contributed by atoms with Gasteiger partial charge >= 0.3 is 0 Å². The van der Waals surface area contributed by atoms with Gasteiger partial charge in [-0.25, -0.2) is 4.98 Å². The minimum absolute atomic E-state index is 0.135. The van der Waals surface area contributed by atoms with Crippen molar-refractivity contribution in [1.82, 2.24) is 4.98 Å². The van der Waals surface area contributed by atoms with Gasteiger partial charge in [-0.1, -0.05) is 13.8 Å². The maximum atomic E-state index is 11.5. The monoisotopic (exact) mass is 213 g/mol. The molecule has 0 aliphatic carbocycles. The Balaban J connectivity index is 2.57. The summed E-state index contributed by atoms with van der Waals surface area (Å²) in [5.74, 6) is -0.0367. The summed E-state index contributed by atoms with van der Waals surface area (Å²) in [5, 5.41) is 5.19. The zero-order valence-corrected chi connectivity index (χ0v) is 9.39. The van der Waals surface area contributed by atoms with Gasteiger partial charge in [0.25, 0.3) is 0 Å². The second kappa shape index (κ2) is 4.52. The molecule has 0 fully saturated rings. The van der Waals surface area contributed by atoms with E-state index in [4.69, 9.17) is 5.73 Å². The lowest BCUT2D eigenvalue weighted by Crippen LogP contribution is -2.39. The van der Waals surface area contributed by atoms with Crippen molar-refractivity contribution in [1.29, 1.82) is 0 Å². The summed E-state index contributed by atoms with van der Waals surface area (Å²) in [7, 11) is 0. The molecule has 1 rings (SSSR count). The number of aryl methyl sites for hydroxylation is 1. The SMILES string of the molecule is Cc1csc(NC(=O)[C@@H](N)C(C)C)n1. The van der Waals surface area contributed by atoms with E-state index in [1.54, 1.807) is 0 Å². The fraction of sp³-hybridized carbons (Fsp3) is 0.556. The van der Waals surface area contributed by atoms with E-state index in [-0.39, 0.29) is 11.8 Å². The van der Waals surface area contributed by atoms with Gasteiger partial charge in [-0.3, -0.25) is 4.79 Å². The molecule has 0 aliphatic rings. The molecule has 1 aromatic heterocycles. The largest absolute Gasteiger partial charge is 0.320 e. The van der Waals surface area contributed by atoms with Gasteiger partial charge in [-0.05, 0) is 12.8 Å². The predicted octanol–water partition coefficient (Wildman–Crippen LogP) is 1.37. The Morgan fingerprint density at radius 3 is 2.71 bits per heavy atom. The lowest BCUT2D eigenvalue weighted by molar-refractivity contribution is -0.118. The molecule has 0 saturated heterocycles. The molecule has 14 heavy (non-hydrogen) atoms. The maximum absolute atomic E-state index is 11.5. The Morgan fingerprint density at radius 1 is 1.64 bits per heavy atom. The molecule has 1 atom stereocenters. The Hall–Kier alpha value is -0.940. The molecule has 1 heterocycles. The van der Waals surface area contributed by atoms with Crippen molar-refractivity contribution in [2.24, 2.45) is 11.7 Å². The summed E-state index contributed by atoms with van der Waals surface area (Å²) in [5.41, 5.74) is 6.59. The van der Waals surface area contributed by atoms with E-state index in [1.807, 2.05) is 26.2 Å². The maximum Gasteiger partial charge on any atom is 0.243 e. The Bertz CT molecular complexity index is 322. The second-order valence-electron chi connectivity index (χ2n) is 3.55. The standard InChI is InChI=1S/C9H15N3OS/c1-5(2)7(10)8(13)12-9-11-6(3)4-14-9/h4-5,7H,10H2,1-3H3,(H,11,12,13)/t7-/m0/s1. The molecular weight excluding hydrogens is 198 g/mol. The van der Waals surface area contributed by atoms with E-state index < -0.39 is 6.04 Å². The number of anilines is 1. The van der Waals surface area contributed by atoms with Crippen LogP contribution in [0.2, 0.25) is 0 Å². The number of nitrogens with two attached hydrogens (primary N) is 1. The number of rotatable bonds is 3. The first kappa shape index (κ1) is 11.1. The highest BCUT2D eigenvalue weighted by molar-refractivity contribution is 7.13. The highest BCUT2D eigenvalue weighted by Gasteiger charge is 2.17. The topological polar surface area (TPSA) is 68.0 Å². The third kappa shape index (κ3) is 2.78. The lowest BCUT2D eigenvalue weighted by atomic mass is 10.1. The van der Waals surface area contributed by atoms with E-state index in [0.717, 1.165) is 5.69 Å². The number of hydrogen-bond donors (Lipinski definition) is 2. The van der Waals surface area contributed by atoms with Crippen LogP contribution in [0.4, 0.5) is 5.13 Å². The molecule has 4 nitrogen and oxygen atoms in total. The van der Waals surface area contributed by atoms with E-state index in [2.05, 4.69) is 10.3 Å². The highest BCUT2D eigenvalue weighted by Crippen LogP contribution is 2.15. The Kier molecular flexibility index (Phi) is 3.60. The summed E-state index contributed by atoms with van der Waals surface area (Å²) >= 11 is 1.41. The fourth-order valence-corrected chi connectivity index (χ4v) is 1.59. The third-order valence-corrected chi connectivity index (χ3v) is 2.75. The van der Waals surface area contributed by atoms with Crippen molar-refractivity contribution in [2.75, 3.05) is 5.32 Å². The zero-order valence-electron chi connectivity index (χ0n) is 8.57. The number of hydrogen-bond acceptors (Lipinski definition) is 4. The normalized spacial score (nSPS) is 12.9. The molecule has 1 aromatic rings. The van der Waals surface area contributed by atoms with Crippen LogP contribution in [0.3, 0.4) is 0 Å². The van der Waals surface area contributed by atoms with Gasteiger partial charge in [-0.15, -0.1) is 11.3 Å². The van der Waals surface area contributed by atoms with E-state index in [1.165, 1.54) is 11.3 Å². The summed E-state index contributed by atoms with van der Waals surface area (Å²) in [6.45, 7) is 5.71. The molecular formula is C9H15N3OS. The van der Waals surface area contributed by atoms with Crippen molar-refractivity contribution >= 4 is 22.4 Å². The second-order valence-corrected chi connectivity index (χ2v) is 4.41. The summed E-state index contributed by atoms with van der Waals surface area (Å²) in [6.07, 6.45) is 0. The average Bonchev–Trinajstić information content (AvgIpc) is 2.49. The summed E-state index contributed by atoms with van der Waals surface area (Å²) < 4.78 is 0. The summed E-state index contributed by atoms with van der Waals surface area (Å²) in [6, 6.07) is -0.473. The van der Waals surface area contributed by atoms with Crippen molar-refractivity contribution in [2.45, 2.75) is 26.8 Å². The average molecular weight is 213 g/mol. The molecule has 0 spiro atoms. The van der Waals surface area contributed by atoms with Crippen molar-refractivity contribution in [3.05, 3.63) is 11.1 Å². The number of thiazole rings is 1. The third-order valence-electron chi connectivity index (χ3n) is 1.87. The van der Waals surface area contributed by atoms with Crippen molar-refractivity contribution in [3.8, 4) is 0 Å². The van der Waals surface area contributed by atoms with E-state index >= 15 is 0 Å². The fourth-order valence-electron chi connectivity index (χ4n) is 0.903. The molecule has 1 amide bonds. The lowest BCUT2D eigenvalue weighted by Gasteiger charge is -2.13. The van der Waals surface area contributed by atoms with Crippen LogP contribution in [-0.2, 0) is 4.79 Å². The van der Waals surface area contributed by atoms with Crippen LogP contribution >= 0.6 is 11.3 Å². The van der Waals surface area contributed by atoms with Gasteiger partial charge < -0.3 is 11.1 Å². The smallest absolute Gasteiger partial charge is 0.243 e. The van der Waals surface area contributed by atoms with Gasteiger partial charge in [0.05, 0.1) is 11.7 Å². The van der Waals surface area contributed by atoms with Crippen LogP contribution in [-0.4, -0.2) is 16.9 Å². The number of nitrogens with one attached hydrogen (secondary N) is 1. The number of carbonyl (C=O) groups is 1. The van der Waals surface area contributed by atoms with Crippen LogP contribution < -0.4 is 11.1 Å². The Morgan fingerprint density at radius 2 is 2.29 bits per heavy atom. The molecule has 5 heteroatoms. The Labute approximate surface area is 87.5 Å².